The van der Waals surface area contributed by atoms with Crippen LogP contribution in [0.4, 0.5) is 0 Å². The number of benzene rings is 3. The smallest absolute Gasteiger partial charge is 0.340 e. The summed E-state index contributed by atoms with van der Waals surface area (Å²) in [6, 6.07) is 14.5. The van der Waals surface area contributed by atoms with Crippen molar-refractivity contribution in [2.75, 3.05) is 14.2 Å². The molecule has 1 unspecified atom stereocenters. The van der Waals surface area contributed by atoms with E-state index in [1.165, 1.54) is 14.2 Å². The summed E-state index contributed by atoms with van der Waals surface area (Å²) in [5.74, 6) is -0.386. The van der Waals surface area contributed by atoms with Gasteiger partial charge >= 0.3 is 5.97 Å². The predicted octanol–water partition coefficient (Wildman–Crippen LogP) is 4.26. The Morgan fingerprint density at radius 3 is 2.57 bits per heavy atom. The van der Waals surface area contributed by atoms with Gasteiger partial charge in [-0.2, -0.15) is 0 Å². The molecule has 0 saturated carbocycles. The molecule has 0 bridgehead atoms. The number of ether oxygens (including phenoxy) is 3. The van der Waals surface area contributed by atoms with E-state index in [0.29, 0.717) is 22.6 Å². The number of carbonyl (C=O) groups excluding carboxylic acids is 1. The van der Waals surface area contributed by atoms with E-state index in [0.717, 1.165) is 10.8 Å². The molecule has 3 aromatic carbocycles. The maximum absolute atomic E-state index is 12.8. The minimum Gasteiger partial charge on any atom is -0.493 e. The quantitative estimate of drug-likeness (QED) is 0.730. The minimum atomic E-state index is -1.18. The van der Waals surface area contributed by atoms with Crippen molar-refractivity contribution in [3.8, 4) is 17.2 Å². The van der Waals surface area contributed by atoms with E-state index in [9.17, 15) is 14.7 Å². The Balaban J connectivity index is 1.88. The fourth-order valence-electron chi connectivity index (χ4n) is 3.66. The van der Waals surface area contributed by atoms with Gasteiger partial charge in [-0.3, -0.25) is 4.79 Å². The number of carboxylic acid groups (broad SMARTS) is 1. The zero-order valence-corrected chi connectivity index (χ0v) is 15.4. The molecule has 0 aliphatic carbocycles. The van der Waals surface area contributed by atoms with Gasteiger partial charge in [0.15, 0.2) is 17.3 Å². The Kier molecular flexibility index (Phi) is 4.39. The van der Waals surface area contributed by atoms with E-state index < -0.39 is 12.1 Å². The largest absolute Gasteiger partial charge is 0.493 e. The van der Waals surface area contributed by atoms with Gasteiger partial charge in [-0.15, -0.1) is 0 Å². The van der Waals surface area contributed by atoms with E-state index in [1.54, 1.807) is 18.2 Å². The molecule has 1 N–H and O–H groups in total. The van der Waals surface area contributed by atoms with E-state index in [-0.39, 0.29) is 23.5 Å². The molecule has 3 aromatic rings. The van der Waals surface area contributed by atoms with Gasteiger partial charge in [0.2, 0.25) is 0 Å². The lowest BCUT2D eigenvalue weighted by Gasteiger charge is -2.28. The molecule has 0 radical (unpaired) electrons. The highest BCUT2D eigenvalue weighted by atomic mass is 16.5. The molecule has 0 amide bonds. The monoisotopic (exact) mass is 378 g/mol. The number of hydrogen-bond donors (Lipinski definition) is 1. The van der Waals surface area contributed by atoms with Crippen LogP contribution in [0.2, 0.25) is 0 Å². The van der Waals surface area contributed by atoms with Crippen LogP contribution in [0, 0.1) is 0 Å². The molecule has 1 aliphatic rings. The molecule has 0 fully saturated rings. The lowest BCUT2D eigenvalue weighted by molar-refractivity contribution is 0.0678. The molecule has 1 aliphatic heterocycles. The van der Waals surface area contributed by atoms with Crippen LogP contribution in [0.15, 0.2) is 48.5 Å². The lowest BCUT2D eigenvalue weighted by atomic mass is 9.91. The van der Waals surface area contributed by atoms with Crippen LogP contribution in [0.5, 0.6) is 17.2 Å². The number of ketones is 1. The second kappa shape index (κ2) is 6.88. The first kappa shape index (κ1) is 17.9. The molecule has 0 aromatic heterocycles. The molecular weight excluding hydrogens is 360 g/mol. The molecular formula is C22H18O6. The molecule has 0 spiro atoms. The van der Waals surface area contributed by atoms with Crippen LogP contribution in [0.1, 0.15) is 38.8 Å². The number of hydrogen-bond acceptors (Lipinski definition) is 5. The Bertz CT molecular complexity index is 1100. The van der Waals surface area contributed by atoms with Gasteiger partial charge < -0.3 is 19.3 Å². The van der Waals surface area contributed by atoms with Crippen LogP contribution < -0.4 is 14.2 Å². The predicted molar refractivity (Wildman–Crippen MR) is 103 cm³/mol. The van der Waals surface area contributed by atoms with Gasteiger partial charge in [0.1, 0.15) is 17.4 Å². The summed E-state index contributed by atoms with van der Waals surface area (Å²) in [5.41, 5.74) is 0.813. The number of fused-ring (bicyclic) bond motifs is 3. The van der Waals surface area contributed by atoms with Gasteiger partial charge in [0.05, 0.1) is 26.2 Å². The van der Waals surface area contributed by atoms with Crippen LogP contribution >= 0.6 is 0 Å². The van der Waals surface area contributed by atoms with Crippen LogP contribution in [-0.4, -0.2) is 31.1 Å². The second-order valence-electron chi connectivity index (χ2n) is 6.47. The minimum absolute atomic E-state index is 0.0428. The first-order chi connectivity index (χ1) is 13.5. The highest BCUT2D eigenvalue weighted by Gasteiger charge is 2.33. The van der Waals surface area contributed by atoms with Crippen molar-refractivity contribution in [1.29, 1.82) is 0 Å². The number of Topliss-reactive ketones (excluding diaryl/α,β-unsaturated/α-hetero) is 1. The lowest BCUT2D eigenvalue weighted by Crippen LogP contribution is -2.23. The number of carbonyl (C=O) groups is 2. The number of carboxylic acids is 1. The zero-order chi connectivity index (χ0) is 19.8. The highest BCUT2D eigenvalue weighted by Crippen LogP contribution is 2.43. The third kappa shape index (κ3) is 2.74. The molecule has 4 rings (SSSR count). The Morgan fingerprint density at radius 1 is 1.07 bits per heavy atom. The van der Waals surface area contributed by atoms with Crippen molar-refractivity contribution >= 4 is 22.5 Å². The van der Waals surface area contributed by atoms with Crippen molar-refractivity contribution in [3.05, 3.63) is 65.2 Å². The average Bonchev–Trinajstić information content (AvgIpc) is 2.72. The SMILES string of the molecule is COc1ccc(C2CC(=O)c3ccc4ccccc4c3O2)c(C(=O)O)c1OC. The van der Waals surface area contributed by atoms with Gasteiger partial charge in [0, 0.05) is 10.9 Å². The van der Waals surface area contributed by atoms with Crippen molar-refractivity contribution in [3.63, 3.8) is 0 Å². The standard InChI is InChI=1S/C22H18O6/c1-26-17-10-9-15(19(22(24)25)21(17)27-2)18-11-16(23)14-8-7-12-5-3-4-6-13(12)20(14)28-18/h3-10,18H,11H2,1-2H3,(H,24,25). The van der Waals surface area contributed by atoms with Crippen LogP contribution in [0.3, 0.4) is 0 Å². The van der Waals surface area contributed by atoms with Crippen LogP contribution in [0.25, 0.3) is 10.8 Å². The molecule has 1 atom stereocenters. The normalized spacial score (nSPS) is 15.6. The fraction of sp³-hybridized carbons (Fsp3) is 0.182. The van der Waals surface area contributed by atoms with E-state index in [1.807, 2.05) is 30.3 Å². The van der Waals surface area contributed by atoms with Crippen molar-refractivity contribution in [2.24, 2.45) is 0 Å². The van der Waals surface area contributed by atoms with Crippen LogP contribution in [-0.2, 0) is 0 Å². The Hall–Kier alpha value is -3.54. The highest BCUT2D eigenvalue weighted by molar-refractivity contribution is 6.06. The summed E-state index contributed by atoms with van der Waals surface area (Å²) in [6.07, 6.45) is -0.696. The van der Waals surface area contributed by atoms with E-state index in [2.05, 4.69) is 0 Å². The van der Waals surface area contributed by atoms with E-state index >= 15 is 0 Å². The summed E-state index contributed by atoms with van der Waals surface area (Å²) in [7, 11) is 2.82. The number of methoxy groups -OCH3 is 2. The summed E-state index contributed by atoms with van der Waals surface area (Å²) < 4.78 is 16.7. The zero-order valence-electron chi connectivity index (χ0n) is 15.4. The van der Waals surface area contributed by atoms with Crippen molar-refractivity contribution < 1.29 is 28.9 Å². The number of rotatable bonds is 4. The van der Waals surface area contributed by atoms with Gasteiger partial charge in [-0.1, -0.05) is 36.4 Å². The molecule has 1 heterocycles. The summed E-state index contributed by atoms with van der Waals surface area (Å²) >= 11 is 0. The number of aromatic carboxylic acids is 1. The summed E-state index contributed by atoms with van der Waals surface area (Å²) in [6.45, 7) is 0. The van der Waals surface area contributed by atoms with Crippen molar-refractivity contribution in [1.82, 2.24) is 0 Å². The first-order valence-corrected chi connectivity index (χ1v) is 8.75. The van der Waals surface area contributed by atoms with Crippen molar-refractivity contribution in [2.45, 2.75) is 12.5 Å². The summed E-state index contributed by atoms with van der Waals surface area (Å²) in [5, 5.41) is 11.5. The average molecular weight is 378 g/mol. The third-order valence-corrected chi connectivity index (χ3v) is 4.95. The Labute approximate surface area is 161 Å². The topological polar surface area (TPSA) is 82.1 Å². The third-order valence-electron chi connectivity index (χ3n) is 4.95. The van der Waals surface area contributed by atoms with Gasteiger partial charge in [0.25, 0.3) is 0 Å². The van der Waals surface area contributed by atoms with Gasteiger partial charge in [-0.25, -0.2) is 4.79 Å². The first-order valence-electron chi connectivity index (χ1n) is 8.75. The second-order valence-corrected chi connectivity index (χ2v) is 6.47. The molecule has 6 nitrogen and oxygen atoms in total. The van der Waals surface area contributed by atoms with Gasteiger partial charge in [-0.05, 0) is 17.5 Å². The fourth-order valence-corrected chi connectivity index (χ4v) is 3.66. The molecule has 28 heavy (non-hydrogen) atoms. The Morgan fingerprint density at radius 2 is 1.86 bits per heavy atom. The summed E-state index contributed by atoms with van der Waals surface area (Å²) in [4.78, 5) is 24.8. The molecule has 142 valence electrons. The van der Waals surface area contributed by atoms with E-state index in [4.69, 9.17) is 14.2 Å². The molecule has 0 saturated heterocycles. The maximum Gasteiger partial charge on any atom is 0.340 e. The maximum atomic E-state index is 12.8. The molecule has 6 heteroatoms.